The summed E-state index contributed by atoms with van der Waals surface area (Å²) in [5.41, 5.74) is 2.27. The molecule has 0 saturated heterocycles. The lowest BCUT2D eigenvalue weighted by Crippen LogP contribution is -2.26. The van der Waals surface area contributed by atoms with Gasteiger partial charge in [0.05, 0.1) is 7.11 Å². The summed E-state index contributed by atoms with van der Waals surface area (Å²) in [7, 11) is -2.08. The van der Waals surface area contributed by atoms with Crippen LogP contribution in [0, 0.1) is 0 Å². The SMILES string of the molecule is COc1ccc(CCNS(=O)(=O)c2cn(C(C)C)nc2-c2ccccc2)cc1. The van der Waals surface area contributed by atoms with Crippen LogP contribution < -0.4 is 9.46 Å². The predicted octanol–water partition coefficient (Wildman–Crippen LogP) is 3.66. The number of aromatic nitrogens is 2. The zero-order valence-electron chi connectivity index (χ0n) is 16.3. The van der Waals surface area contributed by atoms with Crippen LogP contribution in [-0.4, -0.2) is 31.9 Å². The molecular weight excluding hydrogens is 374 g/mol. The number of hydrogen-bond donors (Lipinski definition) is 1. The highest BCUT2D eigenvalue weighted by atomic mass is 32.2. The van der Waals surface area contributed by atoms with Crippen molar-refractivity contribution in [3.63, 3.8) is 0 Å². The lowest BCUT2D eigenvalue weighted by molar-refractivity contribution is 0.414. The number of benzene rings is 2. The van der Waals surface area contributed by atoms with Gasteiger partial charge in [0.25, 0.3) is 0 Å². The maximum Gasteiger partial charge on any atom is 0.244 e. The molecule has 0 aliphatic rings. The quantitative estimate of drug-likeness (QED) is 0.627. The highest BCUT2D eigenvalue weighted by molar-refractivity contribution is 7.89. The van der Waals surface area contributed by atoms with E-state index in [0.717, 1.165) is 16.9 Å². The van der Waals surface area contributed by atoms with Gasteiger partial charge >= 0.3 is 0 Å². The van der Waals surface area contributed by atoms with Crippen LogP contribution in [0.15, 0.2) is 65.7 Å². The van der Waals surface area contributed by atoms with Crippen LogP contribution in [0.2, 0.25) is 0 Å². The fourth-order valence-corrected chi connectivity index (χ4v) is 4.02. The molecule has 6 nitrogen and oxygen atoms in total. The molecule has 0 fully saturated rings. The first-order chi connectivity index (χ1) is 13.4. The summed E-state index contributed by atoms with van der Waals surface area (Å²) in [4.78, 5) is 0.196. The summed E-state index contributed by atoms with van der Waals surface area (Å²) in [6.07, 6.45) is 2.19. The smallest absolute Gasteiger partial charge is 0.244 e. The number of sulfonamides is 1. The molecule has 0 amide bonds. The van der Waals surface area contributed by atoms with Gasteiger partial charge in [0.1, 0.15) is 16.3 Å². The van der Waals surface area contributed by atoms with Crippen LogP contribution in [-0.2, 0) is 16.4 Å². The Balaban J connectivity index is 1.80. The summed E-state index contributed by atoms with van der Waals surface area (Å²) in [5, 5.41) is 4.52. The second-order valence-electron chi connectivity index (χ2n) is 6.78. The Labute approximate surface area is 166 Å². The van der Waals surface area contributed by atoms with E-state index < -0.39 is 10.0 Å². The largest absolute Gasteiger partial charge is 0.497 e. The van der Waals surface area contributed by atoms with Crippen molar-refractivity contribution >= 4 is 10.0 Å². The number of nitrogens with zero attached hydrogens (tertiary/aromatic N) is 2. The Morgan fingerprint density at radius 3 is 2.36 bits per heavy atom. The van der Waals surface area contributed by atoms with Crippen molar-refractivity contribution < 1.29 is 13.2 Å². The van der Waals surface area contributed by atoms with E-state index in [9.17, 15) is 8.42 Å². The number of nitrogens with one attached hydrogen (secondary N) is 1. The molecule has 1 N–H and O–H groups in total. The minimum atomic E-state index is -3.69. The van der Waals surface area contributed by atoms with Crippen molar-refractivity contribution in [2.45, 2.75) is 31.2 Å². The van der Waals surface area contributed by atoms with E-state index in [4.69, 9.17) is 4.74 Å². The van der Waals surface area contributed by atoms with Gasteiger partial charge in [-0.05, 0) is 38.0 Å². The van der Waals surface area contributed by atoms with Crippen molar-refractivity contribution in [2.75, 3.05) is 13.7 Å². The topological polar surface area (TPSA) is 73.2 Å². The lowest BCUT2D eigenvalue weighted by Gasteiger charge is -2.08. The second kappa shape index (κ2) is 8.58. The molecule has 0 bridgehead atoms. The molecule has 28 heavy (non-hydrogen) atoms. The molecule has 0 unspecified atom stereocenters. The molecule has 148 valence electrons. The average Bonchev–Trinajstić information content (AvgIpc) is 3.16. The molecule has 7 heteroatoms. The van der Waals surface area contributed by atoms with Crippen molar-refractivity contribution in [3.05, 3.63) is 66.4 Å². The highest BCUT2D eigenvalue weighted by Crippen LogP contribution is 2.27. The first kappa shape index (κ1) is 20.1. The fraction of sp³-hybridized carbons (Fsp3) is 0.286. The summed E-state index contributed by atoms with van der Waals surface area (Å²) < 4.78 is 35.5. The van der Waals surface area contributed by atoms with Gasteiger partial charge in [-0.2, -0.15) is 5.10 Å². The molecule has 0 saturated carbocycles. The van der Waals surface area contributed by atoms with Crippen LogP contribution in [0.25, 0.3) is 11.3 Å². The Kier molecular flexibility index (Phi) is 6.16. The first-order valence-electron chi connectivity index (χ1n) is 9.18. The molecule has 0 atom stereocenters. The maximum atomic E-state index is 13.0. The third-order valence-electron chi connectivity index (χ3n) is 4.43. The minimum Gasteiger partial charge on any atom is -0.497 e. The third-order valence-corrected chi connectivity index (χ3v) is 5.89. The number of hydrogen-bond acceptors (Lipinski definition) is 4. The standard InChI is InChI=1S/C21H25N3O3S/c1-16(2)24-15-20(21(23-24)18-7-5-4-6-8-18)28(25,26)22-14-13-17-9-11-19(27-3)12-10-17/h4-12,15-16,22H,13-14H2,1-3H3. The predicted molar refractivity (Wildman–Crippen MR) is 110 cm³/mol. The number of rotatable bonds is 8. The monoisotopic (exact) mass is 399 g/mol. The second-order valence-corrected chi connectivity index (χ2v) is 8.51. The normalized spacial score (nSPS) is 11.7. The Bertz CT molecular complexity index is 1010. The Hall–Kier alpha value is -2.64. The summed E-state index contributed by atoms with van der Waals surface area (Å²) in [5.74, 6) is 0.776. The van der Waals surface area contributed by atoms with Gasteiger partial charge in [0.15, 0.2) is 0 Å². The molecule has 1 aromatic heterocycles. The minimum absolute atomic E-state index is 0.0608. The molecule has 0 spiro atoms. The van der Waals surface area contributed by atoms with E-state index in [1.54, 1.807) is 18.0 Å². The van der Waals surface area contributed by atoms with Gasteiger partial charge in [0.2, 0.25) is 10.0 Å². The van der Waals surface area contributed by atoms with Gasteiger partial charge in [-0.1, -0.05) is 42.5 Å². The molecule has 0 aliphatic carbocycles. The van der Waals surface area contributed by atoms with Crippen molar-refractivity contribution in [1.82, 2.24) is 14.5 Å². The van der Waals surface area contributed by atoms with Crippen LogP contribution in [0.4, 0.5) is 0 Å². The van der Waals surface area contributed by atoms with E-state index in [1.807, 2.05) is 68.4 Å². The third kappa shape index (κ3) is 4.61. The van der Waals surface area contributed by atoms with E-state index in [2.05, 4.69) is 9.82 Å². The van der Waals surface area contributed by atoms with Gasteiger partial charge in [0, 0.05) is 24.3 Å². The molecular formula is C21H25N3O3S. The molecule has 0 aliphatic heterocycles. The average molecular weight is 400 g/mol. The Morgan fingerprint density at radius 1 is 1.07 bits per heavy atom. The van der Waals surface area contributed by atoms with E-state index in [-0.39, 0.29) is 10.9 Å². The maximum absolute atomic E-state index is 13.0. The molecule has 3 rings (SSSR count). The molecule has 0 radical (unpaired) electrons. The first-order valence-corrected chi connectivity index (χ1v) is 10.7. The van der Waals surface area contributed by atoms with Gasteiger partial charge < -0.3 is 4.74 Å². The van der Waals surface area contributed by atoms with Crippen LogP contribution in [0.1, 0.15) is 25.5 Å². The van der Waals surface area contributed by atoms with E-state index in [1.165, 1.54) is 0 Å². The number of ether oxygens (including phenoxy) is 1. The summed E-state index contributed by atoms with van der Waals surface area (Å²) in [6, 6.07) is 17.0. The van der Waals surface area contributed by atoms with Crippen LogP contribution >= 0.6 is 0 Å². The molecule has 3 aromatic rings. The van der Waals surface area contributed by atoms with E-state index in [0.29, 0.717) is 18.7 Å². The lowest BCUT2D eigenvalue weighted by atomic mass is 10.1. The zero-order valence-corrected chi connectivity index (χ0v) is 17.1. The highest BCUT2D eigenvalue weighted by Gasteiger charge is 2.24. The fourth-order valence-electron chi connectivity index (χ4n) is 2.83. The molecule has 1 heterocycles. The zero-order chi connectivity index (χ0) is 20.1. The number of methoxy groups -OCH3 is 1. The van der Waals surface area contributed by atoms with Crippen LogP contribution in [0.5, 0.6) is 5.75 Å². The van der Waals surface area contributed by atoms with Gasteiger partial charge in [-0.15, -0.1) is 0 Å². The van der Waals surface area contributed by atoms with Crippen molar-refractivity contribution in [3.8, 4) is 17.0 Å². The van der Waals surface area contributed by atoms with Gasteiger partial charge in [-0.25, -0.2) is 13.1 Å². The van der Waals surface area contributed by atoms with Crippen LogP contribution in [0.3, 0.4) is 0 Å². The van der Waals surface area contributed by atoms with Crippen molar-refractivity contribution in [2.24, 2.45) is 0 Å². The molecule has 2 aromatic carbocycles. The van der Waals surface area contributed by atoms with Gasteiger partial charge in [-0.3, -0.25) is 4.68 Å². The Morgan fingerprint density at radius 2 is 1.75 bits per heavy atom. The summed E-state index contributed by atoms with van der Waals surface area (Å²) >= 11 is 0. The van der Waals surface area contributed by atoms with E-state index >= 15 is 0 Å². The summed E-state index contributed by atoms with van der Waals surface area (Å²) in [6.45, 7) is 4.24. The van der Waals surface area contributed by atoms with Crippen molar-refractivity contribution in [1.29, 1.82) is 0 Å².